The van der Waals surface area contributed by atoms with Crippen molar-refractivity contribution in [1.29, 1.82) is 0 Å². The molecule has 0 aliphatic carbocycles. The summed E-state index contributed by atoms with van der Waals surface area (Å²) in [7, 11) is 3.04. The van der Waals surface area contributed by atoms with Gasteiger partial charge in [-0.15, -0.1) is 0 Å². The maximum Gasteiger partial charge on any atom is 0.179 e. The predicted octanol–water partition coefficient (Wildman–Crippen LogP) is 4.81. The largest absolute Gasteiger partial charge is 0.493 e. The molecule has 0 saturated carbocycles. The van der Waals surface area contributed by atoms with E-state index in [9.17, 15) is 4.39 Å². The van der Waals surface area contributed by atoms with E-state index in [2.05, 4.69) is 21.1 Å². The number of oxime groups is 1. The Kier molecular flexibility index (Phi) is 6.24. The fourth-order valence-corrected chi connectivity index (χ4v) is 2.57. The van der Waals surface area contributed by atoms with Crippen LogP contribution in [0.25, 0.3) is 0 Å². The lowest BCUT2D eigenvalue weighted by Gasteiger charge is -2.09. The minimum atomic E-state index is -0.322. The first kappa shape index (κ1) is 17.6. The van der Waals surface area contributed by atoms with Crippen LogP contribution in [-0.2, 0) is 11.4 Å². The maximum absolute atomic E-state index is 13.1. The fourth-order valence-electron chi connectivity index (χ4n) is 1.85. The molecule has 2 rings (SSSR count). The number of hydrogen-bond donors (Lipinski definition) is 0. The van der Waals surface area contributed by atoms with Gasteiger partial charge in [-0.25, -0.2) is 4.39 Å². The van der Waals surface area contributed by atoms with E-state index in [4.69, 9.17) is 25.9 Å². The number of nitrogens with zero attached hydrogens (tertiary/aromatic N) is 1. The van der Waals surface area contributed by atoms with Crippen LogP contribution in [-0.4, -0.2) is 20.4 Å². The van der Waals surface area contributed by atoms with Crippen molar-refractivity contribution in [1.82, 2.24) is 0 Å². The van der Waals surface area contributed by atoms with Gasteiger partial charge in [0, 0.05) is 5.56 Å². The Morgan fingerprint density at radius 2 is 2.00 bits per heavy atom. The van der Waals surface area contributed by atoms with E-state index in [1.807, 2.05) is 0 Å². The third-order valence-corrected chi connectivity index (χ3v) is 3.84. The minimum Gasteiger partial charge on any atom is -0.493 e. The summed E-state index contributed by atoms with van der Waals surface area (Å²) in [5.41, 5.74) is 1.49. The monoisotopic (exact) mass is 401 g/mol. The third-order valence-electron chi connectivity index (χ3n) is 2.95. The summed E-state index contributed by atoms with van der Waals surface area (Å²) in [5, 5.41) is 4.28. The number of methoxy groups -OCH3 is 2. The van der Waals surface area contributed by atoms with Crippen LogP contribution in [0.3, 0.4) is 0 Å². The summed E-state index contributed by atoms with van der Waals surface area (Å²) >= 11 is 9.23. The highest BCUT2D eigenvalue weighted by molar-refractivity contribution is 9.10. The molecule has 4 nitrogen and oxygen atoms in total. The quantitative estimate of drug-likeness (QED) is 0.514. The van der Waals surface area contributed by atoms with Crippen molar-refractivity contribution in [3.63, 3.8) is 0 Å². The van der Waals surface area contributed by atoms with E-state index >= 15 is 0 Å². The van der Waals surface area contributed by atoms with E-state index in [1.54, 1.807) is 24.3 Å². The summed E-state index contributed by atoms with van der Waals surface area (Å²) in [6.45, 7) is 0.219. The first-order valence-corrected chi connectivity index (χ1v) is 7.73. The Hall–Kier alpha value is -1.79. The zero-order valence-electron chi connectivity index (χ0n) is 12.5. The van der Waals surface area contributed by atoms with Crippen molar-refractivity contribution in [2.75, 3.05) is 14.2 Å². The van der Waals surface area contributed by atoms with Crippen LogP contribution >= 0.6 is 27.5 Å². The van der Waals surface area contributed by atoms with Crippen LogP contribution in [0.1, 0.15) is 11.1 Å². The lowest BCUT2D eigenvalue weighted by Crippen LogP contribution is -1.94. The Bertz CT molecular complexity index is 725. The molecule has 0 unspecified atom stereocenters. The van der Waals surface area contributed by atoms with Crippen LogP contribution in [0, 0.1) is 5.82 Å². The van der Waals surface area contributed by atoms with E-state index in [1.165, 1.54) is 26.5 Å². The first-order valence-electron chi connectivity index (χ1n) is 6.56. The molecular weight excluding hydrogens is 389 g/mol. The smallest absolute Gasteiger partial charge is 0.179 e. The molecule has 2 aromatic rings. The summed E-state index contributed by atoms with van der Waals surface area (Å²) in [6, 6.07) is 8.04. The van der Waals surface area contributed by atoms with Gasteiger partial charge < -0.3 is 14.3 Å². The van der Waals surface area contributed by atoms with E-state index in [0.717, 1.165) is 5.56 Å². The van der Waals surface area contributed by atoms with Gasteiger partial charge in [0.05, 0.1) is 29.9 Å². The van der Waals surface area contributed by atoms with Gasteiger partial charge in [0.1, 0.15) is 12.4 Å². The van der Waals surface area contributed by atoms with Gasteiger partial charge in [-0.2, -0.15) is 0 Å². The number of benzene rings is 2. The summed E-state index contributed by atoms with van der Waals surface area (Å²) in [5.74, 6) is 0.643. The number of ether oxygens (including phenoxy) is 2. The average molecular weight is 403 g/mol. The molecule has 0 spiro atoms. The highest BCUT2D eigenvalue weighted by Gasteiger charge is 2.10. The zero-order valence-corrected chi connectivity index (χ0v) is 14.8. The standard InChI is InChI=1S/C16H14BrClFNO3/c1-21-15-7-11(6-13(18)16(15)22-2)8-20-23-9-10-3-4-14(19)12(17)5-10/h3-8H,9H2,1-2H3. The molecule has 0 atom stereocenters. The second-order valence-corrected chi connectivity index (χ2v) is 5.76. The van der Waals surface area contributed by atoms with Crippen molar-refractivity contribution in [2.24, 2.45) is 5.16 Å². The van der Waals surface area contributed by atoms with E-state index in [0.29, 0.717) is 26.6 Å². The van der Waals surface area contributed by atoms with Crippen molar-refractivity contribution in [2.45, 2.75) is 6.61 Å². The molecule has 122 valence electrons. The van der Waals surface area contributed by atoms with Gasteiger partial charge in [0.2, 0.25) is 0 Å². The van der Waals surface area contributed by atoms with Crippen LogP contribution in [0.15, 0.2) is 40.0 Å². The maximum atomic E-state index is 13.1. The third kappa shape index (κ3) is 4.59. The van der Waals surface area contributed by atoms with Crippen LogP contribution < -0.4 is 9.47 Å². The van der Waals surface area contributed by atoms with Gasteiger partial charge in [0.25, 0.3) is 0 Å². The summed E-state index contributed by atoms with van der Waals surface area (Å²) in [4.78, 5) is 5.20. The SMILES string of the molecule is COc1cc(C=NOCc2ccc(F)c(Br)c2)cc(Cl)c1OC. The van der Waals surface area contributed by atoms with Gasteiger partial charge >= 0.3 is 0 Å². The highest BCUT2D eigenvalue weighted by Crippen LogP contribution is 2.35. The normalized spacial score (nSPS) is 10.8. The molecule has 0 aromatic heterocycles. The van der Waals surface area contributed by atoms with Crippen LogP contribution in [0.2, 0.25) is 5.02 Å². The van der Waals surface area contributed by atoms with E-state index in [-0.39, 0.29) is 12.4 Å². The van der Waals surface area contributed by atoms with Gasteiger partial charge in [-0.1, -0.05) is 22.8 Å². The Morgan fingerprint density at radius 3 is 2.65 bits per heavy atom. The molecule has 0 radical (unpaired) electrons. The second-order valence-electron chi connectivity index (χ2n) is 4.49. The van der Waals surface area contributed by atoms with Crippen LogP contribution in [0.5, 0.6) is 11.5 Å². The number of halogens is 3. The molecule has 0 heterocycles. The highest BCUT2D eigenvalue weighted by atomic mass is 79.9. The van der Waals surface area contributed by atoms with Crippen molar-refractivity contribution >= 4 is 33.7 Å². The minimum absolute atomic E-state index is 0.219. The molecule has 0 amide bonds. The molecular formula is C16H14BrClFNO3. The van der Waals surface area contributed by atoms with Gasteiger partial charge in [-0.05, 0) is 45.8 Å². The first-order chi connectivity index (χ1) is 11.0. The van der Waals surface area contributed by atoms with Crippen molar-refractivity contribution in [3.05, 3.63) is 56.8 Å². The van der Waals surface area contributed by atoms with Gasteiger partial charge in [-0.3, -0.25) is 0 Å². The molecule has 0 aliphatic heterocycles. The van der Waals surface area contributed by atoms with E-state index < -0.39 is 0 Å². The van der Waals surface area contributed by atoms with Crippen molar-refractivity contribution in [3.8, 4) is 11.5 Å². The Labute approximate surface area is 146 Å². The lowest BCUT2D eigenvalue weighted by atomic mass is 10.2. The summed E-state index contributed by atoms with van der Waals surface area (Å²) in [6.07, 6.45) is 1.51. The summed E-state index contributed by atoms with van der Waals surface area (Å²) < 4.78 is 23.9. The second kappa shape index (κ2) is 8.17. The van der Waals surface area contributed by atoms with Gasteiger partial charge in [0.15, 0.2) is 11.5 Å². The predicted molar refractivity (Wildman–Crippen MR) is 91.0 cm³/mol. The number of hydrogen-bond acceptors (Lipinski definition) is 4. The van der Waals surface area contributed by atoms with Crippen molar-refractivity contribution < 1.29 is 18.7 Å². The average Bonchev–Trinajstić information content (AvgIpc) is 2.54. The molecule has 0 aliphatic rings. The molecule has 0 fully saturated rings. The lowest BCUT2D eigenvalue weighted by molar-refractivity contribution is 0.132. The molecule has 2 aromatic carbocycles. The number of rotatable bonds is 6. The molecule has 7 heteroatoms. The molecule has 23 heavy (non-hydrogen) atoms. The Balaban J connectivity index is 2.03. The zero-order chi connectivity index (χ0) is 16.8. The fraction of sp³-hybridized carbons (Fsp3) is 0.188. The molecule has 0 saturated heterocycles. The van der Waals surface area contributed by atoms with Crippen LogP contribution in [0.4, 0.5) is 4.39 Å². The molecule has 0 bridgehead atoms. The topological polar surface area (TPSA) is 40.0 Å². The molecule has 0 N–H and O–H groups in total. The Morgan fingerprint density at radius 1 is 1.22 bits per heavy atom.